The van der Waals surface area contributed by atoms with Gasteiger partial charge >= 0.3 is 5.97 Å². The largest absolute Gasteiger partial charge is 0.458 e. The van der Waals surface area contributed by atoms with Crippen LogP contribution in [0.5, 0.6) is 0 Å². The molecule has 0 radical (unpaired) electrons. The third-order valence-corrected chi connectivity index (χ3v) is 2.84. The summed E-state index contributed by atoms with van der Waals surface area (Å²) >= 11 is 1.53. The molecule has 0 saturated heterocycles. The van der Waals surface area contributed by atoms with Crippen molar-refractivity contribution in [3.63, 3.8) is 0 Å². The van der Waals surface area contributed by atoms with Crippen LogP contribution in [0.25, 0.3) is 0 Å². The Bertz CT molecular complexity index is 325. The van der Waals surface area contributed by atoms with E-state index in [4.69, 9.17) is 4.74 Å². The van der Waals surface area contributed by atoms with Gasteiger partial charge in [-0.05, 0) is 19.1 Å². The van der Waals surface area contributed by atoms with Crippen LogP contribution < -0.4 is 0 Å². The Hall–Kier alpha value is -0.970. The van der Waals surface area contributed by atoms with Crippen LogP contribution in [0, 0.1) is 0 Å². The van der Waals surface area contributed by atoms with E-state index < -0.39 is 0 Å². The van der Waals surface area contributed by atoms with Gasteiger partial charge in [-0.3, -0.25) is 0 Å². The molecule has 0 fully saturated rings. The maximum Gasteiger partial charge on any atom is 0.357 e. The monoisotopic (exact) mass is 228 g/mol. The molecule has 15 heavy (non-hydrogen) atoms. The van der Waals surface area contributed by atoms with Crippen molar-refractivity contribution in [1.82, 2.24) is 9.97 Å². The highest BCUT2D eigenvalue weighted by molar-refractivity contribution is 7.99. The minimum Gasteiger partial charge on any atom is -0.458 e. The summed E-state index contributed by atoms with van der Waals surface area (Å²) in [6.45, 7) is 5.87. The number of esters is 1. The Balaban J connectivity index is 2.68. The molecule has 1 unspecified atom stereocenters. The molecular weight excluding hydrogens is 212 g/mol. The molecule has 1 rings (SSSR count). The Morgan fingerprint density at radius 3 is 3.00 bits per heavy atom. The first-order chi connectivity index (χ1) is 7.19. The number of carbonyl (C=O) groups excluding carboxylic acids is 1. The SMILES string of the molecule is CCSc1nc[nH]c1C(=O)OC(C)CC. The number of ether oxygens (including phenoxy) is 1. The average Bonchev–Trinajstić information content (AvgIpc) is 2.66. The van der Waals surface area contributed by atoms with Gasteiger partial charge in [0.2, 0.25) is 0 Å². The highest BCUT2D eigenvalue weighted by atomic mass is 32.2. The van der Waals surface area contributed by atoms with Crippen LogP contribution in [0.4, 0.5) is 0 Å². The number of carbonyl (C=O) groups is 1. The van der Waals surface area contributed by atoms with Crippen molar-refractivity contribution in [2.24, 2.45) is 0 Å². The molecule has 1 aromatic heterocycles. The van der Waals surface area contributed by atoms with Gasteiger partial charge in [-0.15, -0.1) is 11.8 Å². The molecule has 1 N–H and O–H groups in total. The van der Waals surface area contributed by atoms with Gasteiger partial charge < -0.3 is 9.72 Å². The summed E-state index contributed by atoms with van der Waals surface area (Å²) in [5.41, 5.74) is 0.460. The number of imidazole rings is 1. The predicted octanol–water partition coefficient (Wildman–Crippen LogP) is 2.48. The number of hydrogen-bond acceptors (Lipinski definition) is 4. The third kappa shape index (κ3) is 3.27. The zero-order valence-corrected chi connectivity index (χ0v) is 10.1. The van der Waals surface area contributed by atoms with E-state index in [1.54, 1.807) is 0 Å². The minimum atomic E-state index is -0.321. The van der Waals surface area contributed by atoms with Gasteiger partial charge in [0.05, 0.1) is 12.4 Å². The number of aromatic amines is 1. The molecule has 0 aliphatic carbocycles. The number of nitrogens with one attached hydrogen (secondary N) is 1. The van der Waals surface area contributed by atoms with E-state index in [1.165, 1.54) is 18.1 Å². The van der Waals surface area contributed by atoms with Crippen LogP contribution in [0.15, 0.2) is 11.4 Å². The van der Waals surface area contributed by atoms with E-state index in [2.05, 4.69) is 9.97 Å². The summed E-state index contributed by atoms with van der Waals surface area (Å²) in [7, 11) is 0. The van der Waals surface area contributed by atoms with E-state index in [-0.39, 0.29) is 12.1 Å². The van der Waals surface area contributed by atoms with Crippen LogP contribution in [0.3, 0.4) is 0 Å². The first-order valence-electron chi connectivity index (χ1n) is 5.06. The number of rotatable bonds is 5. The van der Waals surface area contributed by atoms with Crippen molar-refractivity contribution in [3.05, 3.63) is 12.0 Å². The van der Waals surface area contributed by atoms with Crippen molar-refractivity contribution in [2.75, 3.05) is 5.75 Å². The van der Waals surface area contributed by atoms with Gasteiger partial charge in [0, 0.05) is 0 Å². The van der Waals surface area contributed by atoms with E-state index in [9.17, 15) is 4.79 Å². The second kappa shape index (κ2) is 5.80. The van der Waals surface area contributed by atoms with Crippen LogP contribution in [0.1, 0.15) is 37.7 Å². The van der Waals surface area contributed by atoms with E-state index in [0.29, 0.717) is 10.7 Å². The van der Waals surface area contributed by atoms with Gasteiger partial charge in [-0.25, -0.2) is 9.78 Å². The lowest BCUT2D eigenvalue weighted by Gasteiger charge is -2.10. The highest BCUT2D eigenvalue weighted by Crippen LogP contribution is 2.19. The first kappa shape index (κ1) is 12.1. The van der Waals surface area contributed by atoms with Crippen molar-refractivity contribution in [1.29, 1.82) is 0 Å². The first-order valence-corrected chi connectivity index (χ1v) is 6.04. The second-order valence-corrected chi connectivity index (χ2v) is 4.39. The normalized spacial score (nSPS) is 12.5. The molecule has 0 aliphatic heterocycles. The molecule has 0 spiro atoms. The molecule has 0 saturated carbocycles. The van der Waals surface area contributed by atoms with Crippen LogP contribution >= 0.6 is 11.8 Å². The van der Waals surface area contributed by atoms with Crippen molar-refractivity contribution < 1.29 is 9.53 Å². The standard InChI is InChI=1S/C10H16N2O2S/c1-4-7(3)14-10(13)8-9(15-5-2)12-6-11-8/h6-7H,4-5H2,1-3H3,(H,11,12). The van der Waals surface area contributed by atoms with Crippen LogP contribution in [0.2, 0.25) is 0 Å². The molecule has 1 atom stereocenters. The molecule has 0 aliphatic rings. The van der Waals surface area contributed by atoms with E-state index in [1.807, 2.05) is 20.8 Å². The van der Waals surface area contributed by atoms with Gasteiger partial charge in [0.15, 0.2) is 5.69 Å². The smallest absolute Gasteiger partial charge is 0.357 e. The van der Waals surface area contributed by atoms with Gasteiger partial charge in [0.25, 0.3) is 0 Å². The number of H-pyrrole nitrogens is 1. The van der Waals surface area contributed by atoms with Crippen molar-refractivity contribution >= 4 is 17.7 Å². The summed E-state index contributed by atoms with van der Waals surface area (Å²) in [5.74, 6) is 0.562. The van der Waals surface area contributed by atoms with Gasteiger partial charge in [0.1, 0.15) is 5.03 Å². The van der Waals surface area contributed by atoms with Gasteiger partial charge in [-0.2, -0.15) is 0 Å². The number of nitrogens with zero attached hydrogens (tertiary/aromatic N) is 1. The fourth-order valence-corrected chi connectivity index (χ4v) is 1.69. The lowest BCUT2D eigenvalue weighted by molar-refractivity contribution is 0.0323. The van der Waals surface area contributed by atoms with Crippen molar-refractivity contribution in [2.45, 2.75) is 38.3 Å². The molecule has 1 heterocycles. The fraction of sp³-hybridized carbons (Fsp3) is 0.600. The lowest BCUT2D eigenvalue weighted by Crippen LogP contribution is -2.15. The molecule has 0 aromatic carbocycles. The lowest BCUT2D eigenvalue weighted by atomic mass is 10.3. The summed E-state index contributed by atoms with van der Waals surface area (Å²) in [6.07, 6.45) is 2.28. The van der Waals surface area contributed by atoms with Gasteiger partial charge in [-0.1, -0.05) is 13.8 Å². The molecule has 4 nitrogen and oxygen atoms in total. The molecule has 0 bridgehead atoms. The molecule has 5 heteroatoms. The molecule has 1 aromatic rings. The third-order valence-electron chi connectivity index (χ3n) is 1.97. The van der Waals surface area contributed by atoms with Crippen LogP contribution in [-0.4, -0.2) is 27.8 Å². The quantitative estimate of drug-likeness (QED) is 0.621. The summed E-state index contributed by atoms with van der Waals surface area (Å²) < 4.78 is 5.21. The topological polar surface area (TPSA) is 55.0 Å². The Kier molecular flexibility index (Phi) is 4.68. The Labute approximate surface area is 93.8 Å². The summed E-state index contributed by atoms with van der Waals surface area (Å²) in [5, 5.41) is 0.714. The zero-order valence-electron chi connectivity index (χ0n) is 9.24. The zero-order chi connectivity index (χ0) is 11.3. The summed E-state index contributed by atoms with van der Waals surface area (Å²) in [4.78, 5) is 18.5. The van der Waals surface area contributed by atoms with Crippen LogP contribution in [-0.2, 0) is 4.74 Å². The minimum absolute atomic E-state index is 0.0553. The fourth-order valence-electron chi connectivity index (χ4n) is 0.999. The highest BCUT2D eigenvalue weighted by Gasteiger charge is 2.17. The Morgan fingerprint density at radius 1 is 1.67 bits per heavy atom. The maximum absolute atomic E-state index is 11.7. The number of aromatic nitrogens is 2. The van der Waals surface area contributed by atoms with E-state index in [0.717, 1.165) is 12.2 Å². The Morgan fingerprint density at radius 2 is 2.40 bits per heavy atom. The van der Waals surface area contributed by atoms with Crippen molar-refractivity contribution in [3.8, 4) is 0 Å². The number of hydrogen-bond donors (Lipinski definition) is 1. The molecule has 0 amide bonds. The average molecular weight is 228 g/mol. The second-order valence-electron chi connectivity index (χ2n) is 3.14. The van der Waals surface area contributed by atoms with E-state index >= 15 is 0 Å². The maximum atomic E-state index is 11.7. The molecule has 84 valence electrons. The number of thioether (sulfide) groups is 1. The predicted molar refractivity (Wildman–Crippen MR) is 60.2 cm³/mol. The summed E-state index contributed by atoms with van der Waals surface area (Å²) in [6, 6.07) is 0. The molecular formula is C10H16N2O2S.